The first-order valence-corrected chi connectivity index (χ1v) is 13.8. The van der Waals surface area contributed by atoms with Crippen molar-refractivity contribution in [2.24, 2.45) is 17.8 Å². The summed E-state index contributed by atoms with van der Waals surface area (Å²) in [6.45, 7) is 2.13. The maximum Gasteiger partial charge on any atom is 0.311 e. The maximum atomic E-state index is 16.0. The number of thiophene rings is 1. The number of carbonyl (C=O) groups is 1. The minimum absolute atomic E-state index is 0.0704. The molecule has 2 unspecified atom stereocenters. The first-order valence-electron chi connectivity index (χ1n) is 12.6. The third kappa shape index (κ3) is 4.57. The molecule has 192 valence electrons. The number of fused-ring (bicyclic) bond motifs is 3. The summed E-state index contributed by atoms with van der Waals surface area (Å²) in [5, 5.41) is 5.47. The van der Waals surface area contributed by atoms with Crippen LogP contribution < -0.4 is 5.32 Å². The topological polar surface area (TPSA) is 106 Å². The van der Waals surface area contributed by atoms with Crippen LogP contribution in [0.2, 0.25) is 5.15 Å². The van der Waals surface area contributed by atoms with Gasteiger partial charge in [0.25, 0.3) is 0 Å². The zero-order valence-corrected chi connectivity index (χ0v) is 21.8. The van der Waals surface area contributed by atoms with Crippen LogP contribution in [-0.2, 0) is 9.53 Å². The smallest absolute Gasteiger partial charge is 0.311 e. The van der Waals surface area contributed by atoms with E-state index in [1.165, 1.54) is 17.5 Å². The Kier molecular flexibility index (Phi) is 6.54. The van der Waals surface area contributed by atoms with Gasteiger partial charge >= 0.3 is 5.97 Å². The molecule has 2 aliphatic rings. The zero-order valence-electron chi connectivity index (χ0n) is 20.2. The van der Waals surface area contributed by atoms with Crippen LogP contribution >= 0.6 is 22.9 Å². The molecule has 2 N–H and O–H groups in total. The molecule has 37 heavy (non-hydrogen) atoms. The molecule has 0 aliphatic heterocycles. The summed E-state index contributed by atoms with van der Waals surface area (Å²) in [6.07, 6.45) is 8.12. The highest BCUT2D eigenvalue weighted by Gasteiger charge is 2.44. The van der Waals surface area contributed by atoms with Gasteiger partial charge in [0, 0.05) is 12.2 Å². The van der Waals surface area contributed by atoms with E-state index in [4.69, 9.17) is 16.3 Å². The molecule has 0 spiro atoms. The van der Waals surface area contributed by atoms with Crippen molar-refractivity contribution < 1.29 is 13.9 Å². The fraction of sp³-hybridized carbons (Fsp3) is 0.423. The summed E-state index contributed by atoms with van der Waals surface area (Å²) in [4.78, 5) is 34.6. The minimum Gasteiger partial charge on any atom is -0.466 e. The number of hydrogen-bond acceptors (Lipinski definition) is 8. The highest BCUT2D eigenvalue weighted by molar-refractivity contribution is 7.13. The van der Waals surface area contributed by atoms with Crippen molar-refractivity contribution in [3.8, 4) is 22.0 Å². The van der Waals surface area contributed by atoms with E-state index in [-0.39, 0.29) is 40.5 Å². The number of esters is 1. The van der Waals surface area contributed by atoms with Crippen LogP contribution in [0.15, 0.2) is 29.9 Å². The second-order valence-corrected chi connectivity index (χ2v) is 11.0. The Morgan fingerprint density at radius 3 is 3.00 bits per heavy atom. The van der Waals surface area contributed by atoms with Crippen LogP contribution in [0.3, 0.4) is 0 Å². The normalized spacial score (nSPS) is 23.2. The molecule has 6 rings (SSSR count). The molecule has 0 radical (unpaired) electrons. The van der Waals surface area contributed by atoms with Crippen molar-refractivity contribution in [3.63, 3.8) is 0 Å². The summed E-state index contributed by atoms with van der Waals surface area (Å²) in [6, 6.07) is 3.40. The van der Waals surface area contributed by atoms with Gasteiger partial charge in [-0.3, -0.25) is 4.79 Å². The number of anilines is 1. The van der Waals surface area contributed by atoms with Crippen LogP contribution in [0.4, 0.5) is 10.2 Å². The molecule has 8 nitrogen and oxygen atoms in total. The van der Waals surface area contributed by atoms with E-state index in [1.807, 2.05) is 24.4 Å². The molecule has 4 atom stereocenters. The van der Waals surface area contributed by atoms with Gasteiger partial charge in [0.1, 0.15) is 16.4 Å². The van der Waals surface area contributed by atoms with Crippen molar-refractivity contribution in [1.82, 2.24) is 24.9 Å². The Morgan fingerprint density at radius 1 is 1.30 bits per heavy atom. The number of ether oxygens (including phenoxy) is 1. The molecule has 4 heterocycles. The molecule has 2 saturated carbocycles. The van der Waals surface area contributed by atoms with Crippen molar-refractivity contribution in [3.05, 3.63) is 40.9 Å². The lowest BCUT2D eigenvalue weighted by Gasteiger charge is -2.44. The highest BCUT2D eigenvalue weighted by atomic mass is 35.5. The second-order valence-electron chi connectivity index (χ2n) is 9.69. The number of carbonyl (C=O) groups excluding carboxylic acids is 1. The van der Waals surface area contributed by atoms with Crippen molar-refractivity contribution in [1.29, 1.82) is 0 Å². The van der Waals surface area contributed by atoms with Gasteiger partial charge in [0.2, 0.25) is 0 Å². The van der Waals surface area contributed by atoms with Gasteiger partial charge in [-0.1, -0.05) is 30.5 Å². The quantitative estimate of drug-likeness (QED) is 0.284. The predicted molar refractivity (Wildman–Crippen MR) is 141 cm³/mol. The van der Waals surface area contributed by atoms with E-state index in [0.717, 1.165) is 32.1 Å². The predicted octanol–water partition coefficient (Wildman–Crippen LogP) is 6.11. The lowest BCUT2D eigenvalue weighted by Crippen LogP contribution is -2.48. The number of halogens is 2. The monoisotopic (exact) mass is 540 g/mol. The van der Waals surface area contributed by atoms with Crippen molar-refractivity contribution in [2.75, 3.05) is 11.9 Å². The third-order valence-corrected chi connectivity index (χ3v) is 8.50. The molecule has 2 fully saturated rings. The molecule has 0 saturated heterocycles. The first kappa shape index (κ1) is 24.2. The molecule has 11 heteroatoms. The SMILES string of the molecule is CCOC(=O)[C@H]1CC2CCCC(C2)[C@@H]1Nc1nc(-c2c[nH]c3ncc(Cl)nc23)nc(-c2cccs2)c1F. The van der Waals surface area contributed by atoms with Gasteiger partial charge in [-0.15, -0.1) is 11.3 Å². The summed E-state index contributed by atoms with van der Waals surface area (Å²) < 4.78 is 21.5. The first-order chi connectivity index (χ1) is 18.0. The zero-order chi connectivity index (χ0) is 25.5. The van der Waals surface area contributed by atoms with Crippen molar-refractivity contribution in [2.45, 2.75) is 45.1 Å². The Labute approximate surface area is 222 Å². The van der Waals surface area contributed by atoms with E-state index in [1.54, 1.807) is 6.20 Å². The third-order valence-electron chi connectivity index (χ3n) is 7.44. The fourth-order valence-corrected chi connectivity index (χ4v) is 6.70. The van der Waals surface area contributed by atoms with Gasteiger partial charge in [-0.2, -0.15) is 0 Å². The van der Waals surface area contributed by atoms with Crippen LogP contribution in [0.25, 0.3) is 33.1 Å². The standard InChI is InChI=1S/C26H26ClFN6O2S/c1-2-36-26(35)15-10-13-5-3-6-14(9-13)20(15)32-24-19(28)22(17-7-4-8-37-17)33-23(34-24)16-11-29-25-21(16)31-18(27)12-30-25/h4,7-8,11-15,20H,2-3,5-6,9-10H2,1H3,(H,29,30)(H,32,33,34)/t13?,14?,15-,20-/m0/s1. The van der Waals surface area contributed by atoms with Crippen LogP contribution in [0.5, 0.6) is 0 Å². The number of rotatable bonds is 6. The van der Waals surface area contributed by atoms with Gasteiger partial charge in [-0.05, 0) is 49.5 Å². The number of aromatic amines is 1. The lowest BCUT2D eigenvalue weighted by molar-refractivity contribution is -0.151. The average molecular weight is 541 g/mol. The molecular weight excluding hydrogens is 515 g/mol. The Balaban J connectivity index is 1.46. The van der Waals surface area contributed by atoms with Gasteiger partial charge in [-0.25, -0.2) is 24.3 Å². The van der Waals surface area contributed by atoms with Gasteiger partial charge in [0.05, 0.1) is 29.2 Å². The minimum atomic E-state index is -0.546. The van der Waals surface area contributed by atoms with Crippen LogP contribution in [0, 0.1) is 23.6 Å². The molecule has 2 bridgehead atoms. The summed E-state index contributed by atoms with van der Waals surface area (Å²) in [5.74, 6) is -0.0381. The number of hydrogen-bond donors (Lipinski definition) is 2. The Morgan fingerprint density at radius 2 is 2.19 bits per heavy atom. The molecule has 2 aliphatic carbocycles. The fourth-order valence-electron chi connectivity index (χ4n) is 5.86. The average Bonchev–Trinajstić information content (AvgIpc) is 3.57. The molecule has 0 aromatic carbocycles. The molecular formula is C26H26ClFN6O2S. The Bertz CT molecular complexity index is 1440. The summed E-state index contributed by atoms with van der Waals surface area (Å²) in [5.41, 5.74) is 1.79. The Hall–Kier alpha value is -3.11. The lowest BCUT2D eigenvalue weighted by atomic mass is 9.65. The summed E-state index contributed by atoms with van der Waals surface area (Å²) in [7, 11) is 0. The van der Waals surface area contributed by atoms with Crippen molar-refractivity contribution >= 4 is 45.9 Å². The highest BCUT2D eigenvalue weighted by Crippen LogP contribution is 2.45. The summed E-state index contributed by atoms with van der Waals surface area (Å²) >= 11 is 7.51. The molecule has 0 amide bonds. The van der Waals surface area contributed by atoms with Crippen LogP contribution in [-0.4, -0.2) is 43.5 Å². The van der Waals surface area contributed by atoms with E-state index in [2.05, 4.69) is 30.2 Å². The van der Waals surface area contributed by atoms with Gasteiger partial charge in [0.15, 0.2) is 23.1 Å². The van der Waals surface area contributed by atoms with E-state index >= 15 is 4.39 Å². The van der Waals surface area contributed by atoms with E-state index < -0.39 is 5.82 Å². The number of nitrogens with zero attached hydrogens (tertiary/aromatic N) is 4. The second kappa shape index (κ2) is 9.98. The maximum absolute atomic E-state index is 16.0. The van der Waals surface area contributed by atoms with E-state index in [0.29, 0.717) is 40.0 Å². The van der Waals surface area contributed by atoms with E-state index in [9.17, 15) is 4.79 Å². The largest absolute Gasteiger partial charge is 0.466 e. The van der Waals surface area contributed by atoms with Crippen LogP contribution in [0.1, 0.15) is 39.0 Å². The number of aromatic nitrogens is 5. The van der Waals surface area contributed by atoms with Gasteiger partial charge < -0.3 is 15.0 Å². The molecule has 4 aromatic rings. The molecule has 4 aromatic heterocycles. The number of nitrogens with one attached hydrogen (secondary N) is 2. The number of H-pyrrole nitrogens is 1.